The highest BCUT2D eigenvalue weighted by molar-refractivity contribution is 7.91. The molecular weight excluding hydrogens is 384 g/mol. The number of amides is 1. The summed E-state index contributed by atoms with van der Waals surface area (Å²) in [5, 5.41) is 3.32. The lowest BCUT2D eigenvalue weighted by atomic mass is 10.2. The molecule has 27 heavy (non-hydrogen) atoms. The first-order valence-corrected chi connectivity index (χ1v) is 10.4. The summed E-state index contributed by atoms with van der Waals surface area (Å²) < 4.78 is 26.6. The first kappa shape index (κ1) is 19.2. The summed E-state index contributed by atoms with van der Waals surface area (Å²) in [4.78, 5) is 12.6. The molecule has 3 aromatic rings. The maximum atomic E-state index is 12.4. The summed E-state index contributed by atoms with van der Waals surface area (Å²) in [5.74, 6) is -0.629. The van der Waals surface area contributed by atoms with Gasteiger partial charge in [-0.15, -0.1) is 0 Å². The highest BCUT2D eigenvalue weighted by Crippen LogP contribution is 2.25. The van der Waals surface area contributed by atoms with Crippen LogP contribution >= 0.6 is 11.6 Å². The van der Waals surface area contributed by atoms with Gasteiger partial charge in [-0.05, 0) is 49.4 Å². The minimum Gasteiger partial charge on any atom is -0.324 e. The SMILES string of the molecule is Cc1ccc(S(=O)(=O)CCC(=O)Nc2ccc(Cl)cc2-n2cccc2)cc1. The number of anilines is 1. The maximum Gasteiger partial charge on any atom is 0.225 e. The Morgan fingerprint density at radius 2 is 1.74 bits per heavy atom. The number of hydrogen-bond acceptors (Lipinski definition) is 3. The second kappa shape index (κ2) is 7.98. The molecule has 3 rings (SSSR count). The Morgan fingerprint density at radius 1 is 1.07 bits per heavy atom. The lowest BCUT2D eigenvalue weighted by Crippen LogP contribution is -2.18. The van der Waals surface area contributed by atoms with E-state index >= 15 is 0 Å². The first-order valence-electron chi connectivity index (χ1n) is 8.37. The molecule has 1 aromatic heterocycles. The summed E-state index contributed by atoms with van der Waals surface area (Å²) in [5.41, 5.74) is 2.25. The van der Waals surface area contributed by atoms with Gasteiger partial charge in [-0.3, -0.25) is 4.79 Å². The molecular formula is C20H19ClN2O3S. The number of sulfone groups is 1. The highest BCUT2D eigenvalue weighted by Gasteiger charge is 2.17. The van der Waals surface area contributed by atoms with Crippen molar-refractivity contribution in [2.75, 3.05) is 11.1 Å². The van der Waals surface area contributed by atoms with Crippen LogP contribution in [0, 0.1) is 6.92 Å². The molecule has 5 nitrogen and oxygen atoms in total. The fraction of sp³-hybridized carbons (Fsp3) is 0.150. The molecule has 0 aliphatic heterocycles. The number of nitrogens with zero attached hydrogens (tertiary/aromatic N) is 1. The number of aryl methyl sites for hydroxylation is 1. The summed E-state index contributed by atoms with van der Waals surface area (Å²) >= 11 is 6.06. The zero-order valence-electron chi connectivity index (χ0n) is 14.7. The van der Waals surface area contributed by atoms with Gasteiger partial charge in [0.2, 0.25) is 5.91 Å². The molecule has 0 radical (unpaired) electrons. The van der Waals surface area contributed by atoms with E-state index in [1.807, 2.05) is 36.0 Å². The molecule has 1 heterocycles. The van der Waals surface area contributed by atoms with Crippen molar-refractivity contribution in [1.82, 2.24) is 4.57 Å². The average molecular weight is 403 g/mol. The van der Waals surface area contributed by atoms with Crippen LogP contribution in [0.3, 0.4) is 0 Å². The van der Waals surface area contributed by atoms with Crippen LogP contribution in [0.1, 0.15) is 12.0 Å². The van der Waals surface area contributed by atoms with Gasteiger partial charge >= 0.3 is 0 Å². The molecule has 0 aliphatic carbocycles. The first-order chi connectivity index (χ1) is 12.8. The predicted octanol–water partition coefficient (Wildman–Crippen LogP) is 4.24. The lowest BCUT2D eigenvalue weighted by Gasteiger charge is -2.13. The molecule has 140 valence electrons. The molecule has 0 unspecified atom stereocenters. The van der Waals surface area contributed by atoms with Gasteiger partial charge in [-0.25, -0.2) is 8.42 Å². The van der Waals surface area contributed by atoms with Gasteiger partial charge < -0.3 is 9.88 Å². The third kappa shape index (κ3) is 4.78. The maximum absolute atomic E-state index is 12.4. The standard InChI is InChI=1S/C20H19ClN2O3S/c1-15-4-7-17(8-5-15)27(25,26)13-10-20(24)22-18-9-6-16(21)14-19(18)23-11-2-3-12-23/h2-9,11-12,14H,10,13H2,1H3,(H,22,24). The second-order valence-electron chi connectivity index (χ2n) is 6.18. The molecule has 0 aliphatic rings. The number of halogens is 1. The number of carbonyl (C=O) groups is 1. The van der Waals surface area contributed by atoms with Crippen molar-refractivity contribution in [1.29, 1.82) is 0 Å². The molecule has 1 N–H and O–H groups in total. The van der Waals surface area contributed by atoms with Crippen molar-refractivity contribution >= 4 is 33.0 Å². The highest BCUT2D eigenvalue weighted by atomic mass is 35.5. The zero-order valence-corrected chi connectivity index (χ0v) is 16.3. The zero-order chi connectivity index (χ0) is 19.4. The van der Waals surface area contributed by atoms with Crippen LogP contribution in [0.15, 0.2) is 71.9 Å². The number of aromatic nitrogens is 1. The third-order valence-electron chi connectivity index (χ3n) is 4.09. The summed E-state index contributed by atoms with van der Waals surface area (Å²) in [6.45, 7) is 1.89. The molecule has 0 bridgehead atoms. The van der Waals surface area contributed by atoms with Crippen LogP contribution < -0.4 is 5.32 Å². The second-order valence-corrected chi connectivity index (χ2v) is 8.73. The van der Waals surface area contributed by atoms with Gasteiger partial charge in [-0.2, -0.15) is 0 Å². The number of nitrogens with one attached hydrogen (secondary N) is 1. The third-order valence-corrected chi connectivity index (χ3v) is 6.06. The molecule has 1 amide bonds. The van der Waals surface area contributed by atoms with E-state index < -0.39 is 9.84 Å². The topological polar surface area (TPSA) is 68.2 Å². The van der Waals surface area contributed by atoms with E-state index in [2.05, 4.69) is 5.32 Å². The Kier molecular flexibility index (Phi) is 5.68. The monoisotopic (exact) mass is 402 g/mol. The van der Waals surface area contributed by atoms with E-state index in [-0.39, 0.29) is 23.0 Å². The normalized spacial score (nSPS) is 11.3. The molecule has 0 spiro atoms. The van der Waals surface area contributed by atoms with Crippen molar-refractivity contribution in [2.24, 2.45) is 0 Å². The minimum absolute atomic E-state index is 0.135. The number of carbonyl (C=O) groups excluding carboxylic acids is 1. The molecule has 2 aromatic carbocycles. The van der Waals surface area contributed by atoms with Crippen molar-refractivity contribution < 1.29 is 13.2 Å². The molecule has 0 atom stereocenters. The number of hydrogen-bond donors (Lipinski definition) is 1. The van der Waals surface area contributed by atoms with Gasteiger partial charge in [0.1, 0.15) is 0 Å². The molecule has 7 heteroatoms. The lowest BCUT2D eigenvalue weighted by molar-refractivity contribution is -0.115. The van der Waals surface area contributed by atoms with E-state index in [4.69, 9.17) is 11.6 Å². The van der Waals surface area contributed by atoms with Gasteiger partial charge in [0.25, 0.3) is 0 Å². The van der Waals surface area contributed by atoms with Crippen LogP contribution in [-0.2, 0) is 14.6 Å². The van der Waals surface area contributed by atoms with Crippen LogP contribution in [0.25, 0.3) is 5.69 Å². The Labute approximate surface area is 163 Å². The van der Waals surface area contributed by atoms with Crippen molar-refractivity contribution in [2.45, 2.75) is 18.2 Å². The van der Waals surface area contributed by atoms with Gasteiger partial charge in [0.05, 0.1) is 22.0 Å². The number of benzene rings is 2. The Morgan fingerprint density at radius 3 is 2.41 bits per heavy atom. The van der Waals surface area contributed by atoms with Gasteiger partial charge in [0, 0.05) is 23.8 Å². The summed E-state index contributed by atoms with van der Waals surface area (Å²) in [7, 11) is -3.51. The van der Waals surface area contributed by atoms with E-state index in [0.29, 0.717) is 16.4 Å². The molecule has 0 saturated heterocycles. The summed E-state index contributed by atoms with van der Waals surface area (Å²) in [6.07, 6.45) is 3.54. The predicted molar refractivity (Wildman–Crippen MR) is 107 cm³/mol. The van der Waals surface area contributed by atoms with Crippen LogP contribution in [0.5, 0.6) is 0 Å². The molecule has 0 saturated carbocycles. The van der Waals surface area contributed by atoms with E-state index in [9.17, 15) is 13.2 Å². The Hall–Kier alpha value is -2.57. The average Bonchev–Trinajstić information content (AvgIpc) is 3.16. The summed E-state index contributed by atoms with van der Waals surface area (Å²) in [6, 6.07) is 15.4. The number of rotatable bonds is 6. The Bertz CT molecular complexity index is 1040. The van der Waals surface area contributed by atoms with Gasteiger partial charge in [-0.1, -0.05) is 29.3 Å². The smallest absolute Gasteiger partial charge is 0.225 e. The fourth-order valence-corrected chi connectivity index (χ4v) is 4.03. The Balaban J connectivity index is 1.71. The van der Waals surface area contributed by atoms with E-state index in [1.165, 1.54) is 0 Å². The van der Waals surface area contributed by atoms with Crippen LogP contribution in [0.4, 0.5) is 5.69 Å². The van der Waals surface area contributed by atoms with Crippen molar-refractivity contribution in [3.05, 3.63) is 77.6 Å². The van der Waals surface area contributed by atoms with E-state index in [0.717, 1.165) is 5.56 Å². The molecule has 0 fully saturated rings. The van der Waals surface area contributed by atoms with E-state index in [1.54, 1.807) is 42.5 Å². The van der Waals surface area contributed by atoms with Crippen molar-refractivity contribution in [3.63, 3.8) is 0 Å². The minimum atomic E-state index is -3.51. The largest absolute Gasteiger partial charge is 0.324 e. The van der Waals surface area contributed by atoms with Crippen LogP contribution in [0.2, 0.25) is 5.02 Å². The fourth-order valence-electron chi connectivity index (χ4n) is 2.62. The quantitative estimate of drug-likeness (QED) is 0.670. The van der Waals surface area contributed by atoms with Crippen LogP contribution in [-0.4, -0.2) is 24.6 Å². The van der Waals surface area contributed by atoms with Gasteiger partial charge in [0.15, 0.2) is 9.84 Å². The van der Waals surface area contributed by atoms with Crippen molar-refractivity contribution in [3.8, 4) is 5.69 Å².